The lowest BCUT2D eigenvalue weighted by Gasteiger charge is -2.29. The summed E-state index contributed by atoms with van der Waals surface area (Å²) in [6.45, 7) is 2.50. The monoisotopic (exact) mass is 295 g/mol. The first kappa shape index (κ1) is 15.0. The molecule has 1 heterocycles. The van der Waals surface area contributed by atoms with E-state index in [1.54, 1.807) is 18.3 Å². The average molecular weight is 295 g/mol. The molecule has 5 nitrogen and oxygen atoms in total. The molecule has 0 aromatic carbocycles. The average Bonchev–Trinajstić information content (AvgIpc) is 3.06. The second-order valence-corrected chi connectivity index (χ2v) is 6.37. The van der Waals surface area contributed by atoms with E-state index < -0.39 is 12.1 Å². The number of hydrogen-bond acceptors (Lipinski definition) is 4. The maximum Gasteiger partial charge on any atom is 0.318 e. The van der Waals surface area contributed by atoms with Crippen molar-refractivity contribution in [3.05, 3.63) is 22.4 Å². The summed E-state index contributed by atoms with van der Waals surface area (Å²) >= 11 is 1.78. The van der Waals surface area contributed by atoms with Gasteiger partial charge in [0.15, 0.2) is 0 Å². The Kier molecular flexibility index (Phi) is 4.77. The first-order valence-corrected chi connectivity index (χ1v) is 7.79. The van der Waals surface area contributed by atoms with Crippen molar-refractivity contribution in [2.45, 2.75) is 44.1 Å². The van der Waals surface area contributed by atoms with Gasteiger partial charge in [-0.3, -0.25) is 10.1 Å². The minimum absolute atomic E-state index is 0.134. The summed E-state index contributed by atoms with van der Waals surface area (Å²) in [6, 6.07) is 3.01. The molecule has 6 heteroatoms. The molecule has 110 valence electrons. The van der Waals surface area contributed by atoms with Crippen LogP contribution in [0.25, 0.3) is 0 Å². The predicted molar refractivity (Wildman–Crippen MR) is 79.7 cm³/mol. The smallest absolute Gasteiger partial charge is 0.318 e. The SMILES string of the molecule is CC(NCC1(c2cccs2)CCCC1)C(=O)NC(N)=O. The van der Waals surface area contributed by atoms with Gasteiger partial charge in [-0.2, -0.15) is 0 Å². The molecule has 3 amide bonds. The van der Waals surface area contributed by atoms with Gasteiger partial charge in [-0.15, -0.1) is 11.3 Å². The molecule has 1 aliphatic rings. The molecular weight excluding hydrogens is 274 g/mol. The summed E-state index contributed by atoms with van der Waals surface area (Å²) in [7, 11) is 0. The van der Waals surface area contributed by atoms with Crippen LogP contribution in [0.15, 0.2) is 17.5 Å². The van der Waals surface area contributed by atoms with E-state index >= 15 is 0 Å². The number of nitrogens with two attached hydrogens (primary N) is 1. The van der Waals surface area contributed by atoms with Crippen molar-refractivity contribution in [1.82, 2.24) is 10.6 Å². The molecule has 0 radical (unpaired) electrons. The van der Waals surface area contributed by atoms with Gasteiger partial charge in [-0.25, -0.2) is 4.79 Å². The molecular formula is C14H21N3O2S. The molecule has 0 aliphatic heterocycles. The highest BCUT2D eigenvalue weighted by Gasteiger charge is 2.36. The minimum Gasteiger partial charge on any atom is -0.351 e. The van der Waals surface area contributed by atoms with Crippen LogP contribution in [0.1, 0.15) is 37.5 Å². The highest BCUT2D eigenvalue weighted by Crippen LogP contribution is 2.42. The van der Waals surface area contributed by atoms with Crippen LogP contribution in [0.5, 0.6) is 0 Å². The molecule has 0 spiro atoms. The fourth-order valence-electron chi connectivity index (χ4n) is 2.81. The van der Waals surface area contributed by atoms with E-state index in [1.165, 1.54) is 17.7 Å². The number of rotatable bonds is 5. The number of amides is 3. The fourth-order valence-corrected chi connectivity index (χ4v) is 3.80. The minimum atomic E-state index is -0.808. The van der Waals surface area contributed by atoms with Crippen molar-refractivity contribution in [2.75, 3.05) is 6.54 Å². The molecule has 1 atom stereocenters. The van der Waals surface area contributed by atoms with Gasteiger partial charge < -0.3 is 11.1 Å². The van der Waals surface area contributed by atoms with Crippen molar-refractivity contribution in [3.63, 3.8) is 0 Å². The summed E-state index contributed by atoms with van der Waals surface area (Å²) in [5.74, 6) is -0.378. The van der Waals surface area contributed by atoms with Crippen LogP contribution in [0, 0.1) is 0 Å². The van der Waals surface area contributed by atoms with Crippen LogP contribution in [0.2, 0.25) is 0 Å². The zero-order valence-corrected chi connectivity index (χ0v) is 12.5. The number of primary amides is 1. The van der Waals surface area contributed by atoms with Crippen molar-refractivity contribution in [2.24, 2.45) is 5.73 Å². The van der Waals surface area contributed by atoms with E-state index in [2.05, 4.69) is 28.1 Å². The van der Waals surface area contributed by atoms with E-state index in [4.69, 9.17) is 5.73 Å². The van der Waals surface area contributed by atoms with E-state index in [0.717, 1.165) is 19.4 Å². The molecule has 1 fully saturated rings. The van der Waals surface area contributed by atoms with Gasteiger partial charge in [0, 0.05) is 16.8 Å². The molecule has 0 bridgehead atoms. The fraction of sp³-hybridized carbons (Fsp3) is 0.571. The van der Waals surface area contributed by atoms with Gasteiger partial charge in [0.1, 0.15) is 0 Å². The molecule has 4 N–H and O–H groups in total. The topological polar surface area (TPSA) is 84.2 Å². The summed E-state index contributed by atoms with van der Waals surface area (Å²) in [4.78, 5) is 23.7. The van der Waals surface area contributed by atoms with Crippen LogP contribution in [0.3, 0.4) is 0 Å². The van der Waals surface area contributed by atoms with Gasteiger partial charge in [-0.1, -0.05) is 18.9 Å². The lowest BCUT2D eigenvalue weighted by atomic mass is 9.84. The Bertz CT molecular complexity index is 467. The maximum atomic E-state index is 11.7. The number of nitrogens with one attached hydrogen (secondary N) is 2. The van der Waals surface area contributed by atoms with E-state index in [1.807, 2.05) is 0 Å². The predicted octanol–water partition coefficient (Wildman–Crippen LogP) is 1.73. The summed E-state index contributed by atoms with van der Waals surface area (Å²) in [5, 5.41) is 7.45. The summed E-state index contributed by atoms with van der Waals surface area (Å²) in [5.41, 5.74) is 5.09. The van der Waals surface area contributed by atoms with Crippen molar-refractivity contribution < 1.29 is 9.59 Å². The first-order chi connectivity index (χ1) is 9.53. The highest BCUT2D eigenvalue weighted by molar-refractivity contribution is 7.10. The number of imide groups is 1. The third kappa shape index (κ3) is 3.37. The molecule has 20 heavy (non-hydrogen) atoms. The zero-order valence-electron chi connectivity index (χ0n) is 11.6. The summed E-state index contributed by atoms with van der Waals surface area (Å²) in [6.07, 6.45) is 4.73. The van der Waals surface area contributed by atoms with Gasteiger partial charge in [-0.05, 0) is 31.2 Å². The highest BCUT2D eigenvalue weighted by atomic mass is 32.1. The van der Waals surface area contributed by atoms with Crippen molar-refractivity contribution in [3.8, 4) is 0 Å². The Balaban J connectivity index is 1.97. The van der Waals surface area contributed by atoms with Crippen LogP contribution < -0.4 is 16.4 Å². The molecule has 1 aliphatic carbocycles. The maximum absolute atomic E-state index is 11.7. The normalized spacial score (nSPS) is 18.6. The second-order valence-electron chi connectivity index (χ2n) is 5.42. The molecule has 0 saturated heterocycles. The van der Waals surface area contributed by atoms with Crippen molar-refractivity contribution in [1.29, 1.82) is 0 Å². The lowest BCUT2D eigenvalue weighted by molar-refractivity contribution is -0.121. The second kappa shape index (κ2) is 6.37. The van der Waals surface area contributed by atoms with Crippen LogP contribution >= 0.6 is 11.3 Å². The van der Waals surface area contributed by atoms with E-state index in [9.17, 15) is 9.59 Å². The lowest BCUT2D eigenvalue weighted by Crippen LogP contribution is -2.49. The van der Waals surface area contributed by atoms with Crippen molar-refractivity contribution >= 4 is 23.3 Å². The quantitative estimate of drug-likeness (QED) is 0.773. The Labute approximate surface area is 122 Å². The number of carbonyl (C=O) groups excluding carboxylic acids is 2. The Morgan fingerprint density at radius 2 is 2.15 bits per heavy atom. The number of urea groups is 1. The molecule has 1 saturated carbocycles. The van der Waals surface area contributed by atoms with Crippen LogP contribution in [-0.2, 0) is 10.2 Å². The number of thiophene rings is 1. The Morgan fingerprint density at radius 3 is 2.70 bits per heavy atom. The zero-order chi connectivity index (χ0) is 14.6. The third-order valence-corrected chi connectivity index (χ3v) is 5.11. The van der Waals surface area contributed by atoms with Gasteiger partial charge in [0.25, 0.3) is 0 Å². The molecule has 1 aromatic heterocycles. The van der Waals surface area contributed by atoms with Crippen LogP contribution in [-0.4, -0.2) is 24.5 Å². The van der Waals surface area contributed by atoms with E-state index in [-0.39, 0.29) is 11.3 Å². The van der Waals surface area contributed by atoms with Gasteiger partial charge >= 0.3 is 6.03 Å². The Hall–Kier alpha value is -1.40. The largest absolute Gasteiger partial charge is 0.351 e. The molecule has 2 rings (SSSR count). The summed E-state index contributed by atoms with van der Waals surface area (Å²) < 4.78 is 0. The van der Waals surface area contributed by atoms with Crippen LogP contribution in [0.4, 0.5) is 4.79 Å². The standard InChI is InChI=1S/C14H21N3O2S/c1-10(12(18)17-13(15)19)16-9-14(6-2-3-7-14)11-5-4-8-20-11/h4-5,8,10,16H,2-3,6-7,9H2,1H3,(H3,15,17,18,19). The van der Waals surface area contributed by atoms with E-state index in [0.29, 0.717) is 0 Å². The number of hydrogen-bond donors (Lipinski definition) is 3. The molecule has 1 aromatic rings. The first-order valence-electron chi connectivity index (χ1n) is 6.91. The Morgan fingerprint density at radius 1 is 1.45 bits per heavy atom. The third-order valence-electron chi connectivity index (χ3n) is 3.99. The number of carbonyl (C=O) groups is 2. The molecule has 1 unspecified atom stereocenters. The van der Waals surface area contributed by atoms with Gasteiger partial charge in [0.05, 0.1) is 6.04 Å². The van der Waals surface area contributed by atoms with Gasteiger partial charge in [0.2, 0.25) is 5.91 Å².